The Labute approximate surface area is 166 Å². The second-order valence-corrected chi connectivity index (χ2v) is 9.78. The number of hydrogen-bond donors (Lipinski definition) is 1. The molecule has 0 radical (unpaired) electrons. The second kappa shape index (κ2) is 13.2. The number of quaternary nitrogens is 1. The summed E-state index contributed by atoms with van der Waals surface area (Å²) < 4.78 is 65.6. The van der Waals surface area contributed by atoms with E-state index in [1.807, 2.05) is 0 Å². The van der Waals surface area contributed by atoms with Crippen molar-refractivity contribution in [3.8, 4) is 0 Å². The van der Waals surface area contributed by atoms with Crippen molar-refractivity contribution in [2.45, 2.75) is 71.1 Å². The standard InChI is InChI=1S/C18H40NO2.F6P/c1-4-5-6-7-8-9-10-11-12-13-14-19(2,3)15-17-21-18-16-20;1-7(2,3,4,5)6/h20H,4-18H2,1-3H3;/q+1;-1. The molecule has 0 aromatic heterocycles. The van der Waals surface area contributed by atoms with Crippen LogP contribution in [0, 0.1) is 0 Å². The third kappa shape index (κ3) is 40.5. The molecule has 3 nitrogen and oxygen atoms in total. The molecule has 0 bridgehead atoms. The van der Waals surface area contributed by atoms with E-state index in [1.165, 1.54) is 70.8 Å². The molecule has 0 atom stereocenters. The molecule has 0 heterocycles. The van der Waals surface area contributed by atoms with Gasteiger partial charge in [0.05, 0.1) is 40.5 Å². The van der Waals surface area contributed by atoms with Gasteiger partial charge in [0, 0.05) is 0 Å². The van der Waals surface area contributed by atoms with Gasteiger partial charge in [0.1, 0.15) is 6.54 Å². The summed E-state index contributed by atoms with van der Waals surface area (Å²) in [7, 11) is -6.11. The average molecular weight is 447 g/mol. The van der Waals surface area contributed by atoms with Gasteiger partial charge >= 0.3 is 33.0 Å². The molecule has 0 saturated carbocycles. The predicted molar refractivity (Wildman–Crippen MR) is 105 cm³/mol. The first-order chi connectivity index (χ1) is 12.6. The van der Waals surface area contributed by atoms with E-state index in [-0.39, 0.29) is 6.61 Å². The zero-order chi connectivity index (χ0) is 22.2. The summed E-state index contributed by atoms with van der Waals surface area (Å²) in [4.78, 5) is 0. The van der Waals surface area contributed by atoms with Crippen LogP contribution in [0.4, 0.5) is 25.2 Å². The third-order valence-corrected chi connectivity index (χ3v) is 4.19. The molecule has 176 valence electrons. The molecule has 0 aliphatic heterocycles. The van der Waals surface area contributed by atoms with Crippen molar-refractivity contribution >= 4 is 7.81 Å². The molecule has 0 aromatic carbocycles. The van der Waals surface area contributed by atoms with Crippen LogP contribution in [0.1, 0.15) is 71.1 Å². The monoisotopic (exact) mass is 447 g/mol. The normalized spacial score (nSPS) is 14.8. The maximum absolute atomic E-state index is 10.7. The molecular formula is C18H40F6NO2P. The minimum atomic E-state index is -10.7. The van der Waals surface area contributed by atoms with Crippen LogP contribution in [-0.2, 0) is 4.74 Å². The molecule has 0 spiro atoms. The van der Waals surface area contributed by atoms with Crippen LogP contribution >= 0.6 is 7.81 Å². The van der Waals surface area contributed by atoms with Crippen molar-refractivity contribution in [3.05, 3.63) is 0 Å². The number of rotatable bonds is 16. The third-order valence-electron chi connectivity index (χ3n) is 4.19. The molecule has 0 unspecified atom stereocenters. The van der Waals surface area contributed by atoms with Crippen molar-refractivity contribution < 1.29 is 39.5 Å². The van der Waals surface area contributed by atoms with Gasteiger partial charge in [-0.2, -0.15) is 0 Å². The summed E-state index contributed by atoms with van der Waals surface area (Å²) in [6.07, 6.45) is 14.0. The summed E-state index contributed by atoms with van der Waals surface area (Å²) in [6, 6.07) is 0. The Morgan fingerprint density at radius 3 is 1.46 bits per heavy atom. The summed E-state index contributed by atoms with van der Waals surface area (Å²) >= 11 is 0. The van der Waals surface area contributed by atoms with E-state index in [2.05, 4.69) is 21.0 Å². The van der Waals surface area contributed by atoms with Gasteiger partial charge in [-0.15, -0.1) is 0 Å². The molecule has 0 aromatic rings. The number of ether oxygens (including phenoxy) is 1. The summed E-state index contributed by atoms with van der Waals surface area (Å²) in [5.74, 6) is 0. The number of nitrogens with zero attached hydrogens (tertiary/aromatic N) is 1. The Balaban J connectivity index is 0. The average Bonchev–Trinajstić information content (AvgIpc) is 2.50. The van der Waals surface area contributed by atoms with Gasteiger partial charge in [0.15, 0.2) is 0 Å². The first-order valence-corrected chi connectivity index (χ1v) is 12.2. The molecule has 0 aliphatic rings. The zero-order valence-corrected chi connectivity index (χ0v) is 18.5. The Bertz CT molecular complexity index is 365. The quantitative estimate of drug-likeness (QED) is 0.116. The van der Waals surface area contributed by atoms with Gasteiger partial charge in [0.25, 0.3) is 0 Å². The van der Waals surface area contributed by atoms with Crippen LogP contribution in [0.15, 0.2) is 0 Å². The van der Waals surface area contributed by atoms with E-state index in [9.17, 15) is 25.2 Å². The Morgan fingerprint density at radius 2 is 1.07 bits per heavy atom. The fourth-order valence-electron chi connectivity index (χ4n) is 2.62. The van der Waals surface area contributed by atoms with Crippen molar-refractivity contribution in [3.63, 3.8) is 0 Å². The van der Waals surface area contributed by atoms with Crippen LogP contribution < -0.4 is 0 Å². The first-order valence-electron chi connectivity index (χ1n) is 10.1. The van der Waals surface area contributed by atoms with Crippen molar-refractivity contribution in [2.75, 3.05) is 47.0 Å². The van der Waals surface area contributed by atoms with E-state index < -0.39 is 7.81 Å². The maximum atomic E-state index is 9.87. The Morgan fingerprint density at radius 1 is 0.679 bits per heavy atom. The van der Waals surface area contributed by atoms with Gasteiger partial charge < -0.3 is 14.3 Å². The van der Waals surface area contributed by atoms with Crippen LogP contribution in [-0.4, -0.2) is 56.6 Å². The number of unbranched alkanes of at least 4 members (excludes halogenated alkanes) is 9. The summed E-state index contributed by atoms with van der Waals surface area (Å²) in [5, 5.41) is 8.67. The number of aliphatic hydroxyl groups excluding tert-OH is 1. The summed E-state index contributed by atoms with van der Waals surface area (Å²) in [5.41, 5.74) is 0. The molecule has 10 heteroatoms. The topological polar surface area (TPSA) is 29.5 Å². The summed E-state index contributed by atoms with van der Waals surface area (Å²) in [6.45, 7) is 5.91. The molecular weight excluding hydrogens is 407 g/mol. The van der Waals surface area contributed by atoms with Crippen LogP contribution in [0.2, 0.25) is 0 Å². The fourth-order valence-corrected chi connectivity index (χ4v) is 2.62. The van der Waals surface area contributed by atoms with Crippen LogP contribution in [0.25, 0.3) is 0 Å². The van der Waals surface area contributed by atoms with E-state index in [0.29, 0.717) is 6.61 Å². The minimum absolute atomic E-state index is 0.131. The molecule has 0 fully saturated rings. The van der Waals surface area contributed by atoms with Gasteiger partial charge in [-0.05, 0) is 12.8 Å². The Hall–Kier alpha value is -0.110. The molecule has 1 N–H and O–H groups in total. The van der Waals surface area contributed by atoms with E-state index in [1.54, 1.807) is 0 Å². The molecule has 0 amide bonds. The van der Waals surface area contributed by atoms with Gasteiger partial charge in [-0.25, -0.2) is 0 Å². The molecule has 0 aliphatic carbocycles. The van der Waals surface area contributed by atoms with E-state index >= 15 is 0 Å². The predicted octanol–water partition coefficient (Wildman–Crippen LogP) is 7.38. The number of aliphatic hydroxyl groups is 1. The molecule has 28 heavy (non-hydrogen) atoms. The van der Waals surface area contributed by atoms with Gasteiger partial charge in [0.2, 0.25) is 0 Å². The van der Waals surface area contributed by atoms with Gasteiger partial charge in [-0.3, -0.25) is 0 Å². The van der Waals surface area contributed by atoms with Crippen LogP contribution in [0.5, 0.6) is 0 Å². The van der Waals surface area contributed by atoms with Crippen LogP contribution in [0.3, 0.4) is 0 Å². The van der Waals surface area contributed by atoms with Crippen molar-refractivity contribution in [2.24, 2.45) is 0 Å². The number of likely N-dealkylation sites (N-methyl/N-ethyl adjacent to an activating group) is 1. The number of hydrogen-bond acceptors (Lipinski definition) is 2. The van der Waals surface area contributed by atoms with Gasteiger partial charge in [-0.1, -0.05) is 58.3 Å². The molecule has 0 rings (SSSR count). The van der Waals surface area contributed by atoms with E-state index in [4.69, 9.17) is 9.84 Å². The zero-order valence-electron chi connectivity index (χ0n) is 17.6. The SMILES string of the molecule is CCCCCCCCCCCC[N+](C)(C)CCOCCO.F[P-](F)(F)(F)(F)F. The number of halogens is 6. The molecule has 0 saturated heterocycles. The second-order valence-electron chi connectivity index (χ2n) is 7.86. The van der Waals surface area contributed by atoms with E-state index in [0.717, 1.165) is 17.6 Å². The fraction of sp³-hybridized carbons (Fsp3) is 1.00. The Kier molecular flexibility index (Phi) is 14.2. The van der Waals surface area contributed by atoms with Crippen molar-refractivity contribution in [1.82, 2.24) is 0 Å². The van der Waals surface area contributed by atoms with Crippen molar-refractivity contribution in [1.29, 1.82) is 0 Å². The first kappa shape index (κ1) is 30.1.